The summed E-state index contributed by atoms with van der Waals surface area (Å²) in [7, 11) is 0. The van der Waals surface area contributed by atoms with Gasteiger partial charge in [-0.25, -0.2) is 4.98 Å². The number of aromatic nitrogens is 6. The van der Waals surface area contributed by atoms with E-state index in [-0.39, 0.29) is 0 Å². The molecule has 0 unspecified atom stereocenters. The smallest absolute Gasteiger partial charge is 0.139 e. The Morgan fingerprint density at radius 2 is 2.07 bits per heavy atom. The molecule has 68 valence electrons. The van der Waals surface area contributed by atoms with Crippen LogP contribution >= 0.6 is 0 Å². The van der Waals surface area contributed by atoms with E-state index in [0.717, 1.165) is 11.0 Å². The van der Waals surface area contributed by atoms with Gasteiger partial charge in [-0.15, -0.1) is 19.8 Å². The number of para-hydroxylation sites is 1. The van der Waals surface area contributed by atoms with E-state index in [1.54, 1.807) is 11.1 Å². The molecular weight excluding hydrogens is 180 g/mol. The number of benzene rings is 1. The summed E-state index contributed by atoms with van der Waals surface area (Å²) in [5, 5.41) is 11.9. The van der Waals surface area contributed by atoms with Crippen molar-refractivity contribution >= 4 is 11.0 Å². The van der Waals surface area contributed by atoms with E-state index in [1.807, 2.05) is 24.3 Å². The minimum absolute atomic E-state index is 0.836. The van der Waals surface area contributed by atoms with Crippen LogP contribution in [0.25, 0.3) is 11.0 Å². The largest absolute Gasteiger partial charge is 0.221 e. The average molecular weight is 186 g/mol. The Morgan fingerprint density at radius 1 is 1.14 bits per heavy atom. The zero-order valence-electron chi connectivity index (χ0n) is 7.15. The summed E-state index contributed by atoms with van der Waals surface area (Å²) in [4.78, 5) is 6.96. The topological polar surface area (TPSA) is 61.4 Å². The molecule has 0 aliphatic carbocycles. The first-order chi connectivity index (χ1) is 6.95. The molecule has 0 saturated heterocycles. The second-order valence-corrected chi connectivity index (χ2v) is 2.78. The first-order valence-electron chi connectivity index (χ1n) is 4.11. The fourth-order valence-corrected chi connectivity index (χ4v) is 1.31. The lowest BCUT2D eigenvalue weighted by Crippen LogP contribution is -2.11. The Labute approximate surface area is 78.8 Å². The van der Waals surface area contributed by atoms with Gasteiger partial charge in [-0.05, 0) is 17.3 Å². The normalized spacial score (nSPS) is 10.9. The van der Waals surface area contributed by atoms with Crippen LogP contribution in [0.15, 0.2) is 36.9 Å². The molecule has 2 heterocycles. The van der Waals surface area contributed by atoms with Crippen molar-refractivity contribution < 1.29 is 0 Å². The second kappa shape index (κ2) is 2.63. The molecule has 0 bridgehead atoms. The molecule has 0 radical (unpaired) electrons. The van der Waals surface area contributed by atoms with Gasteiger partial charge in [0.15, 0.2) is 0 Å². The van der Waals surface area contributed by atoms with Gasteiger partial charge in [-0.2, -0.15) is 0 Å². The monoisotopic (exact) mass is 186 g/mol. The van der Waals surface area contributed by atoms with Crippen LogP contribution in [-0.4, -0.2) is 30.0 Å². The lowest BCUT2D eigenvalue weighted by Gasteiger charge is -1.97. The van der Waals surface area contributed by atoms with Crippen LogP contribution in [0.5, 0.6) is 0 Å². The molecule has 14 heavy (non-hydrogen) atoms. The van der Waals surface area contributed by atoms with Crippen molar-refractivity contribution in [2.45, 2.75) is 0 Å². The fraction of sp³-hybridized carbons (Fsp3) is 0. The van der Waals surface area contributed by atoms with E-state index in [0.29, 0.717) is 0 Å². The number of nitrogens with zero attached hydrogens (tertiary/aromatic N) is 6. The summed E-state index contributed by atoms with van der Waals surface area (Å²) in [5.74, 6) is 0. The summed E-state index contributed by atoms with van der Waals surface area (Å²) >= 11 is 0. The summed E-state index contributed by atoms with van der Waals surface area (Å²) in [6, 6.07) is 7.68. The predicted molar refractivity (Wildman–Crippen MR) is 48.3 cm³/mol. The lowest BCUT2D eigenvalue weighted by atomic mass is 10.3. The van der Waals surface area contributed by atoms with Crippen molar-refractivity contribution in [3.63, 3.8) is 0 Å². The highest BCUT2D eigenvalue weighted by Gasteiger charge is 2.03. The highest BCUT2D eigenvalue weighted by molar-refractivity contribution is 5.73. The molecule has 3 rings (SSSR count). The molecule has 0 spiro atoms. The molecule has 2 aromatic heterocycles. The molecule has 0 N–H and O–H groups in total. The Morgan fingerprint density at radius 3 is 2.93 bits per heavy atom. The molecule has 0 aliphatic rings. The van der Waals surface area contributed by atoms with Gasteiger partial charge in [0.25, 0.3) is 0 Å². The van der Waals surface area contributed by atoms with Crippen LogP contribution in [-0.2, 0) is 0 Å². The number of hydrogen-bond acceptors (Lipinski definition) is 4. The average Bonchev–Trinajstić information content (AvgIpc) is 2.85. The van der Waals surface area contributed by atoms with E-state index in [4.69, 9.17) is 0 Å². The predicted octanol–water partition coefficient (Wildman–Crippen LogP) is 0.334. The van der Waals surface area contributed by atoms with Crippen LogP contribution in [0.3, 0.4) is 0 Å². The highest BCUT2D eigenvalue weighted by atomic mass is 15.7. The lowest BCUT2D eigenvalue weighted by molar-refractivity contribution is 0.505. The van der Waals surface area contributed by atoms with Crippen molar-refractivity contribution in [1.82, 2.24) is 30.0 Å². The van der Waals surface area contributed by atoms with Gasteiger partial charge < -0.3 is 0 Å². The molecular formula is C8H6N6. The first kappa shape index (κ1) is 7.19. The Kier molecular flexibility index (Phi) is 1.35. The van der Waals surface area contributed by atoms with Crippen LogP contribution < -0.4 is 0 Å². The SMILES string of the molecule is c1ccc2c(c1)nnn2-n1cncn1. The third-order valence-corrected chi connectivity index (χ3v) is 1.94. The molecule has 0 aliphatic heterocycles. The Bertz CT molecular complexity index is 552. The first-order valence-corrected chi connectivity index (χ1v) is 4.11. The van der Waals surface area contributed by atoms with Crippen LogP contribution in [0.1, 0.15) is 0 Å². The van der Waals surface area contributed by atoms with E-state index in [9.17, 15) is 0 Å². The quantitative estimate of drug-likeness (QED) is 0.549. The summed E-state index contributed by atoms with van der Waals surface area (Å²) < 4.78 is 0. The number of fused-ring (bicyclic) bond motifs is 1. The maximum absolute atomic E-state index is 4.00. The molecule has 0 saturated carbocycles. The van der Waals surface area contributed by atoms with E-state index in [1.165, 1.54) is 11.1 Å². The molecule has 0 fully saturated rings. The zero-order valence-corrected chi connectivity index (χ0v) is 7.15. The van der Waals surface area contributed by atoms with Gasteiger partial charge in [0.1, 0.15) is 23.7 Å². The van der Waals surface area contributed by atoms with Crippen LogP contribution in [0.4, 0.5) is 0 Å². The second-order valence-electron chi connectivity index (χ2n) is 2.78. The van der Waals surface area contributed by atoms with Gasteiger partial charge in [-0.1, -0.05) is 12.1 Å². The van der Waals surface area contributed by atoms with Gasteiger partial charge in [0, 0.05) is 0 Å². The summed E-state index contributed by atoms with van der Waals surface area (Å²) in [5.41, 5.74) is 1.74. The molecule has 0 atom stereocenters. The van der Waals surface area contributed by atoms with Crippen LogP contribution in [0, 0.1) is 0 Å². The minimum Gasteiger partial charge on any atom is -0.221 e. The molecule has 6 heteroatoms. The standard InChI is InChI=1S/C8H6N6/c1-2-4-8-7(3-1)11-12-14(8)13-6-9-5-10-13/h1-6H. The molecule has 1 aromatic carbocycles. The van der Waals surface area contributed by atoms with E-state index in [2.05, 4.69) is 20.4 Å². The molecule has 6 nitrogen and oxygen atoms in total. The van der Waals surface area contributed by atoms with Crippen molar-refractivity contribution in [2.24, 2.45) is 0 Å². The third kappa shape index (κ3) is 0.905. The Balaban J connectivity index is 2.33. The van der Waals surface area contributed by atoms with Gasteiger partial charge in [0.05, 0.1) is 0 Å². The van der Waals surface area contributed by atoms with Gasteiger partial charge >= 0.3 is 0 Å². The summed E-state index contributed by atoms with van der Waals surface area (Å²) in [6.45, 7) is 0. The van der Waals surface area contributed by atoms with Gasteiger partial charge in [0.2, 0.25) is 0 Å². The number of hydrogen-bond donors (Lipinski definition) is 0. The zero-order chi connectivity index (χ0) is 9.38. The molecule has 3 aromatic rings. The van der Waals surface area contributed by atoms with Crippen LogP contribution in [0.2, 0.25) is 0 Å². The van der Waals surface area contributed by atoms with Crippen molar-refractivity contribution in [2.75, 3.05) is 0 Å². The fourth-order valence-electron chi connectivity index (χ4n) is 1.31. The van der Waals surface area contributed by atoms with Gasteiger partial charge in [-0.3, -0.25) is 0 Å². The maximum atomic E-state index is 4.00. The Hall–Kier alpha value is -2.24. The third-order valence-electron chi connectivity index (χ3n) is 1.94. The van der Waals surface area contributed by atoms with E-state index >= 15 is 0 Å². The maximum Gasteiger partial charge on any atom is 0.139 e. The summed E-state index contributed by atoms with van der Waals surface area (Å²) in [6.07, 6.45) is 3.03. The van der Waals surface area contributed by atoms with Crippen molar-refractivity contribution in [3.05, 3.63) is 36.9 Å². The minimum atomic E-state index is 0.836. The van der Waals surface area contributed by atoms with Crippen molar-refractivity contribution in [3.8, 4) is 0 Å². The molecule has 0 amide bonds. The van der Waals surface area contributed by atoms with E-state index < -0.39 is 0 Å². The highest BCUT2D eigenvalue weighted by Crippen LogP contribution is 2.08. The van der Waals surface area contributed by atoms with Crippen molar-refractivity contribution in [1.29, 1.82) is 0 Å². The number of rotatable bonds is 1.